The van der Waals surface area contributed by atoms with Gasteiger partial charge in [-0.05, 0) is 57.4 Å². The van der Waals surface area contributed by atoms with Gasteiger partial charge in [-0.25, -0.2) is 0 Å². The number of nitrogens with one attached hydrogen (secondary N) is 1. The van der Waals surface area contributed by atoms with E-state index in [4.69, 9.17) is 0 Å². The van der Waals surface area contributed by atoms with Crippen LogP contribution in [-0.4, -0.2) is 25.7 Å². The molecule has 1 fully saturated rings. The van der Waals surface area contributed by atoms with E-state index >= 15 is 0 Å². The molecule has 0 aromatic heterocycles. The quantitative estimate of drug-likeness (QED) is 0.840. The van der Waals surface area contributed by atoms with Crippen molar-refractivity contribution in [3.63, 3.8) is 0 Å². The Morgan fingerprint density at radius 2 is 2.12 bits per heavy atom. The molecule has 1 N–H and O–H groups in total. The molecule has 2 rings (SSSR count). The summed E-state index contributed by atoms with van der Waals surface area (Å²) in [6.45, 7) is 7.80. The molecular formula is C15H24N2. The van der Waals surface area contributed by atoms with Gasteiger partial charge >= 0.3 is 0 Å². The first-order valence-corrected chi connectivity index (χ1v) is 6.90. The zero-order chi connectivity index (χ0) is 12.1. The van der Waals surface area contributed by atoms with Crippen molar-refractivity contribution in [2.24, 2.45) is 0 Å². The molecule has 1 saturated heterocycles. The Labute approximate surface area is 105 Å². The van der Waals surface area contributed by atoms with Crippen molar-refractivity contribution in [3.8, 4) is 0 Å². The van der Waals surface area contributed by atoms with Gasteiger partial charge in [0.05, 0.1) is 0 Å². The third-order valence-electron chi connectivity index (χ3n) is 3.68. The Morgan fingerprint density at radius 3 is 2.76 bits per heavy atom. The molecule has 1 aromatic rings. The van der Waals surface area contributed by atoms with Gasteiger partial charge in [0.2, 0.25) is 0 Å². The average Bonchev–Trinajstić information content (AvgIpc) is 2.84. The van der Waals surface area contributed by atoms with Gasteiger partial charge in [0.25, 0.3) is 0 Å². The Kier molecular flexibility index (Phi) is 4.43. The van der Waals surface area contributed by atoms with E-state index in [2.05, 4.69) is 48.3 Å². The predicted molar refractivity (Wildman–Crippen MR) is 74.7 cm³/mol. The van der Waals surface area contributed by atoms with Crippen LogP contribution in [0.3, 0.4) is 0 Å². The Hall–Kier alpha value is -1.02. The molecule has 1 aliphatic heterocycles. The molecule has 2 nitrogen and oxygen atoms in total. The molecule has 17 heavy (non-hydrogen) atoms. The van der Waals surface area contributed by atoms with Crippen molar-refractivity contribution in [2.75, 3.05) is 24.5 Å². The lowest BCUT2D eigenvalue weighted by molar-refractivity contribution is 0.603. The van der Waals surface area contributed by atoms with Crippen LogP contribution in [0.2, 0.25) is 0 Å². The van der Waals surface area contributed by atoms with E-state index in [1.807, 2.05) is 0 Å². The molecule has 0 amide bonds. The molecule has 0 bridgehead atoms. The summed E-state index contributed by atoms with van der Waals surface area (Å²) in [4.78, 5) is 2.41. The standard InChI is InChI=1S/C15H24N2/c1-3-17(4-2)15-9-5-7-13(12-15)11-14-8-6-10-16-14/h5,7,9,12,14,16H,3-4,6,8,10-11H2,1-2H3. The van der Waals surface area contributed by atoms with Crippen LogP contribution in [0.1, 0.15) is 32.3 Å². The number of rotatable bonds is 5. The van der Waals surface area contributed by atoms with Crippen LogP contribution in [0.5, 0.6) is 0 Å². The lowest BCUT2D eigenvalue weighted by Crippen LogP contribution is -2.24. The Bertz CT molecular complexity index is 339. The minimum Gasteiger partial charge on any atom is -0.372 e. The zero-order valence-electron chi connectivity index (χ0n) is 11.1. The molecule has 1 atom stereocenters. The molecule has 1 aliphatic rings. The van der Waals surface area contributed by atoms with Gasteiger partial charge in [-0.1, -0.05) is 12.1 Å². The van der Waals surface area contributed by atoms with Crippen molar-refractivity contribution in [1.29, 1.82) is 0 Å². The number of hydrogen-bond acceptors (Lipinski definition) is 2. The molecule has 2 heteroatoms. The topological polar surface area (TPSA) is 15.3 Å². The fourth-order valence-electron chi connectivity index (χ4n) is 2.68. The van der Waals surface area contributed by atoms with Gasteiger partial charge in [0, 0.05) is 24.8 Å². The van der Waals surface area contributed by atoms with Gasteiger partial charge in [-0.3, -0.25) is 0 Å². The van der Waals surface area contributed by atoms with Gasteiger partial charge in [-0.2, -0.15) is 0 Å². The largest absolute Gasteiger partial charge is 0.372 e. The number of hydrogen-bond donors (Lipinski definition) is 1. The fraction of sp³-hybridized carbons (Fsp3) is 0.600. The number of benzene rings is 1. The SMILES string of the molecule is CCN(CC)c1cccc(CC2CCCN2)c1. The van der Waals surface area contributed by atoms with Crippen LogP contribution >= 0.6 is 0 Å². The second-order valence-electron chi connectivity index (χ2n) is 4.84. The lowest BCUT2D eigenvalue weighted by Gasteiger charge is -2.22. The third kappa shape index (κ3) is 3.22. The van der Waals surface area contributed by atoms with Crippen LogP contribution < -0.4 is 10.2 Å². The summed E-state index contributed by atoms with van der Waals surface area (Å²) in [6, 6.07) is 9.72. The number of anilines is 1. The first-order valence-electron chi connectivity index (χ1n) is 6.90. The van der Waals surface area contributed by atoms with E-state index in [-0.39, 0.29) is 0 Å². The van der Waals surface area contributed by atoms with E-state index in [0.717, 1.165) is 13.1 Å². The molecule has 94 valence electrons. The van der Waals surface area contributed by atoms with Crippen molar-refractivity contribution in [2.45, 2.75) is 39.2 Å². The monoisotopic (exact) mass is 232 g/mol. The molecule has 1 heterocycles. The van der Waals surface area contributed by atoms with Crippen molar-refractivity contribution >= 4 is 5.69 Å². The maximum absolute atomic E-state index is 3.57. The van der Waals surface area contributed by atoms with Gasteiger partial charge in [0.1, 0.15) is 0 Å². The summed E-state index contributed by atoms with van der Waals surface area (Å²) < 4.78 is 0. The number of nitrogens with zero attached hydrogens (tertiary/aromatic N) is 1. The van der Waals surface area contributed by atoms with E-state index in [9.17, 15) is 0 Å². The third-order valence-corrected chi connectivity index (χ3v) is 3.68. The first kappa shape index (κ1) is 12.4. The Morgan fingerprint density at radius 1 is 1.29 bits per heavy atom. The Balaban J connectivity index is 2.04. The second kappa shape index (κ2) is 6.06. The summed E-state index contributed by atoms with van der Waals surface area (Å²) in [5.74, 6) is 0. The van der Waals surface area contributed by atoms with E-state index < -0.39 is 0 Å². The zero-order valence-corrected chi connectivity index (χ0v) is 11.1. The minimum atomic E-state index is 0.696. The van der Waals surface area contributed by atoms with Crippen LogP contribution in [0.25, 0.3) is 0 Å². The van der Waals surface area contributed by atoms with Gasteiger partial charge in [0.15, 0.2) is 0 Å². The molecule has 0 saturated carbocycles. The summed E-state index contributed by atoms with van der Waals surface area (Å²) in [6.07, 6.45) is 3.84. The summed E-state index contributed by atoms with van der Waals surface area (Å²) >= 11 is 0. The highest BCUT2D eigenvalue weighted by Crippen LogP contribution is 2.18. The highest BCUT2D eigenvalue weighted by atomic mass is 15.1. The lowest BCUT2D eigenvalue weighted by atomic mass is 10.0. The van der Waals surface area contributed by atoms with Gasteiger partial charge < -0.3 is 10.2 Å². The van der Waals surface area contributed by atoms with Gasteiger partial charge in [-0.15, -0.1) is 0 Å². The summed E-state index contributed by atoms with van der Waals surface area (Å²) in [5, 5.41) is 3.57. The smallest absolute Gasteiger partial charge is 0.0368 e. The van der Waals surface area contributed by atoms with Crippen molar-refractivity contribution < 1.29 is 0 Å². The molecule has 1 unspecified atom stereocenters. The molecule has 0 aliphatic carbocycles. The minimum absolute atomic E-state index is 0.696. The summed E-state index contributed by atoms with van der Waals surface area (Å²) in [5.41, 5.74) is 2.83. The highest BCUT2D eigenvalue weighted by Gasteiger charge is 2.14. The van der Waals surface area contributed by atoms with Crippen molar-refractivity contribution in [1.82, 2.24) is 5.32 Å². The highest BCUT2D eigenvalue weighted by molar-refractivity contribution is 5.48. The molecule has 0 spiro atoms. The maximum atomic E-state index is 3.57. The predicted octanol–water partition coefficient (Wildman–Crippen LogP) is 2.83. The molecule has 0 radical (unpaired) electrons. The van der Waals surface area contributed by atoms with Crippen LogP contribution in [0.15, 0.2) is 24.3 Å². The average molecular weight is 232 g/mol. The van der Waals surface area contributed by atoms with E-state index in [0.29, 0.717) is 6.04 Å². The fourth-order valence-corrected chi connectivity index (χ4v) is 2.68. The molecular weight excluding hydrogens is 208 g/mol. The van der Waals surface area contributed by atoms with Crippen LogP contribution in [-0.2, 0) is 6.42 Å². The van der Waals surface area contributed by atoms with Crippen molar-refractivity contribution in [3.05, 3.63) is 29.8 Å². The summed E-state index contributed by atoms with van der Waals surface area (Å²) in [7, 11) is 0. The van der Waals surface area contributed by atoms with E-state index in [1.165, 1.54) is 37.1 Å². The maximum Gasteiger partial charge on any atom is 0.0368 e. The normalized spacial score (nSPS) is 19.5. The van der Waals surface area contributed by atoms with Crippen LogP contribution in [0.4, 0.5) is 5.69 Å². The second-order valence-corrected chi connectivity index (χ2v) is 4.84. The van der Waals surface area contributed by atoms with E-state index in [1.54, 1.807) is 0 Å². The van der Waals surface area contributed by atoms with Crippen LogP contribution in [0, 0.1) is 0 Å². The molecule has 1 aromatic carbocycles. The first-order chi connectivity index (χ1) is 8.33.